The highest BCUT2D eigenvalue weighted by atomic mass is 19.1. The number of aromatic nitrogens is 1. The first-order valence-electron chi connectivity index (χ1n) is 8.82. The molecule has 3 aromatic rings. The summed E-state index contributed by atoms with van der Waals surface area (Å²) >= 11 is 0. The fourth-order valence-corrected chi connectivity index (χ4v) is 3.78. The molecule has 0 unspecified atom stereocenters. The Morgan fingerprint density at radius 2 is 1.96 bits per heavy atom. The molecular weight excluding hydrogens is 315 g/mol. The van der Waals surface area contributed by atoms with E-state index < -0.39 is 5.82 Å². The molecule has 2 heterocycles. The molecular formula is C21H21FN2O. The molecule has 0 spiro atoms. The number of hydrogen-bond acceptors (Lipinski definition) is 1. The first-order valence-corrected chi connectivity index (χ1v) is 8.82. The number of carbonyl (C=O) groups is 1. The molecule has 25 heavy (non-hydrogen) atoms. The van der Waals surface area contributed by atoms with E-state index in [2.05, 4.69) is 29.8 Å². The second kappa shape index (κ2) is 6.36. The van der Waals surface area contributed by atoms with Crippen LogP contribution >= 0.6 is 0 Å². The fraction of sp³-hybridized carbons (Fsp3) is 0.286. The zero-order valence-corrected chi connectivity index (χ0v) is 14.3. The van der Waals surface area contributed by atoms with Crippen LogP contribution < -0.4 is 0 Å². The fourth-order valence-electron chi connectivity index (χ4n) is 3.78. The normalized spacial score (nSPS) is 13.9. The van der Waals surface area contributed by atoms with Crippen LogP contribution in [0.25, 0.3) is 10.9 Å². The van der Waals surface area contributed by atoms with Crippen LogP contribution in [-0.4, -0.2) is 21.9 Å². The molecule has 0 N–H and O–H groups in total. The molecule has 0 bridgehead atoms. The van der Waals surface area contributed by atoms with Gasteiger partial charge in [0.1, 0.15) is 5.82 Å². The van der Waals surface area contributed by atoms with Crippen molar-refractivity contribution in [1.82, 2.24) is 9.47 Å². The Morgan fingerprint density at radius 3 is 2.76 bits per heavy atom. The summed E-state index contributed by atoms with van der Waals surface area (Å²) in [6.45, 7) is 4.30. The number of hydrogen-bond donors (Lipinski definition) is 0. The Morgan fingerprint density at radius 1 is 1.12 bits per heavy atom. The van der Waals surface area contributed by atoms with E-state index in [9.17, 15) is 9.18 Å². The van der Waals surface area contributed by atoms with Crippen LogP contribution in [0.15, 0.2) is 48.7 Å². The molecule has 1 aliphatic rings. The van der Waals surface area contributed by atoms with Crippen molar-refractivity contribution in [1.29, 1.82) is 0 Å². The third-order valence-corrected chi connectivity index (χ3v) is 4.94. The SMILES string of the molecule is CCCn1cc2c3c(cccc31)CN(C(=O)c1ccccc1F)CC2. The molecule has 0 atom stereocenters. The number of aryl methyl sites for hydroxylation is 1. The topological polar surface area (TPSA) is 25.2 Å². The zero-order chi connectivity index (χ0) is 17.4. The van der Waals surface area contributed by atoms with E-state index in [4.69, 9.17) is 0 Å². The minimum atomic E-state index is -0.456. The predicted molar refractivity (Wildman–Crippen MR) is 97.1 cm³/mol. The maximum Gasteiger partial charge on any atom is 0.257 e. The molecule has 128 valence electrons. The Kier molecular flexibility index (Phi) is 4.04. The van der Waals surface area contributed by atoms with E-state index in [0.29, 0.717) is 13.1 Å². The molecule has 2 aromatic carbocycles. The van der Waals surface area contributed by atoms with E-state index in [0.717, 1.165) is 24.9 Å². The van der Waals surface area contributed by atoms with Gasteiger partial charge < -0.3 is 9.47 Å². The van der Waals surface area contributed by atoms with Crippen LogP contribution in [0.5, 0.6) is 0 Å². The van der Waals surface area contributed by atoms with Gasteiger partial charge in [0.05, 0.1) is 5.56 Å². The van der Waals surface area contributed by atoms with E-state index in [1.54, 1.807) is 23.1 Å². The van der Waals surface area contributed by atoms with Crippen molar-refractivity contribution in [2.45, 2.75) is 32.9 Å². The number of nitrogens with zero attached hydrogens (tertiary/aromatic N) is 2. The maximum absolute atomic E-state index is 14.0. The minimum absolute atomic E-state index is 0.150. The first-order chi connectivity index (χ1) is 12.2. The second-order valence-electron chi connectivity index (χ2n) is 6.62. The standard InChI is InChI=1S/C21H21FN2O/c1-2-11-23-13-16-10-12-24(14-15-6-5-9-19(23)20(15)16)21(25)17-7-3-4-8-18(17)22/h3-9,13H,2,10-12,14H2,1H3. The van der Waals surface area contributed by atoms with Gasteiger partial charge in [0.2, 0.25) is 0 Å². The average Bonchev–Trinajstić information content (AvgIpc) is 2.86. The lowest BCUT2D eigenvalue weighted by molar-refractivity contribution is 0.0743. The smallest absolute Gasteiger partial charge is 0.257 e. The Balaban J connectivity index is 1.72. The van der Waals surface area contributed by atoms with Crippen LogP contribution in [-0.2, 0) is 19.5 Å². The van der Waals surface area contributed by atoms with Crippen molar-refractivity contribution >= 4 is 16.8 Å². The summed E-state index contributed by atoms with van der Waals surface area (Å²) < 4.78 is 16.3. The highest BCUT2D eigenvalue weighted by Gasteiger charge is 2.24. The van der Waals surface area contributed by atoms with Gasteiger partial charge in [0.25, 0.3) is 5.91 Å². The molecule has 0 radical (unpaired) electrons. The van der Waals surface area contributed by atoms with Crippen LogP contribution in [0.2, 0.25) is 0 Å². The zero-order valence-electron chi connectivity index (χ0n) is 14.3. The summed E-state index contributed by atoms with van der Waals surface area (Å²) in [5.74, 6) is -0.690. The highest BCUT2D eigenvalue weighted by molar-refractivity contribution is 5.95. The lowest BCUT2D eigenvalue weighted by atomic mass is 10.1. The van der Waals surface area contributed by atoms with Crippen molar-refractivity contribution in [2.75, 3.05) is 6.54 Å². The van der Waals surface area contributed by atoms with Gasteiger partial charge >= 0.3 is 0 Å². The van der Waals surface area contributed by atoms with Crippen LogP contribution in [0, 0.1) is 5.82 Å². The molecule has 0 saturated heterocycles. The third kappa shape index (κ3) is 2.72. The number of rotatable bonds is 3. The first kappa shape index (κ1) is 15.9. The summed E-state index contributed by atoms with van der Waals surface area (Å²) in [6, 6.07) is 12.5. The molecule has 4 rings (SSSR count). The summed E-state index contributed by atoms with van der Waals surface area (Å²) in [5, 5.41) is 1.26. The van der Waals surface area contributed by atoms with Gasteiger partial charge in [-0.15, -0.1) is 0 Å². The monoisotopic (exact) mass is 336 g/mol. The quantitative estimate of drug-likeness (QED) is 0.696. The van der Waals surface area contributed by atoms with Crippen molar-refractivity contribution < 1.29 is 9.18 Å². The van der Waals surface area contributed by atoms with Crippen LogP contribution in [0.1, 0.15) is 34.8 Å². The molecule has 1 amide bonds. The molecule has 0 fully saturated rings. The van der Waals surface area contributed by atoms with Gasteiger partial charge in [-0.05, 0) is 42.2 Å². The van der Waals surface area contributed by atoms with E-state index in [1.807, 2.05) is 6.07 Å². The largest absolute Gasteiger partial charge is 0.347 e. The van der Waals surface area contributed by atoms with Gasteiger partial charge in [-0.2, -0.15) is 0 Å². The molecule has 4 heteroatoms. The molecule has 1 aliphatic heterocycles. The molecule has 0 saturated carbocycles. The van der Waals surface area contributed by atoms with Gasteiger partial charge in [0.15, 0.2) is 0 Å². The Bertz CT molecular complexity index is 944. The molecule has 1 aromatic heterocycles. The van der Waals surface area contributed by atoms with Gasteiger partial charge in [-0.25, -0.2) is 4.39 Å². The summed E-state index contributed by atoms with van der Waals surface area (Å²) in [5.41, 5.74) is 3.80. The number of carbonyl (C=O) groups excluding carboxylic acids is 1. The summed E-state index contributed by atoms with van der Waals surface area (Å²) in [4.78, 5) is 14.6. The Hall–Kier alpha value is -2.62. The van der Waals surface area contributed by atoms with E-state index in [-0.39, 0.29) is 11.5 Å². The number of amides is 1. The maximum atomic E-state index is 14.0. The van der Waals surface area contributed by atoms with Crippen molar-refractivity contribution in [3.05, 3.63) is 71.2 Å². The van der Waals surface area contributed by atoms with E-state index in [1.165, 1.54) is 22.5 Å². The van der Waals surface area contributed by atoms with Crippen LogP contribution in [0.4, 0.5) is 4.39 Å². The molecule has 3 nitrogen and oxygen atoms in total. The second-order valence-corrected chi connectivity index (χ2v) is 6.62. The van der Waals surface area contributed by atoms with Crippen molar-refractivity contribution in [3.63, 3.8) is 0 Å². The Labute approximate surface area is 146 Å². The summed E-state index contributed by atoms with van der Waals surface area (Å²) in [6.07, 6.45) is 4.10. The van der Waals surface area contributed by atoms with Crippen LogP contribution in [0.3, 0.4) is 0 Å². The lowest BCUT2D eigenvalue weighted by Gasteiger charge is -2.21. The number of benzene rings is 2. The lowest BCUT2D eigenvalue weighted by Crippen LogP contribution is -2.32. The van der Waals surface area contributed by atoms with Crippen molar-refractivity contribution in [2.24, 2.45) is 0 Å². The minimum Gasteiger partial charge on any atom is -0.347 e. The predicted octanol–water partition coefficient (Wildman–Crippen LogP) is 4.39. The van der Waals surface area contributed by atoms with E-state index >= 15 is 0 Å². The van der Waals surface area contributed by atoms with Gasteiger partial charge in [0, 0.05) is 36.7 Å². The third-order valence-electron chi connectivity index (χ3n) is 4.94. The number of halogens is 1. The highest BCUT2D eigenvalue weighted by Crippen LogP contribution is 2.30. The average molecular weight is 336 g/mol. The summed E-state index contributed by atoms with van der Waals surface area (Å²) in [7, 11) is 0. The van der Waals surface area contributed by atoms with Gasteiger partial charge in [-0.1, -0.05) is 31.2 Å². The molecule has 0 aliphatic carbocycles. The van der Waals surface area contributed by atoms with Crippen molar-refractivity contribution in [3.8, 4) is 0 Å². The van der Waals surface area contributed by atoms with Gasteiger partial charge in [-0.3, -0.25) is 4.79 Å².